The lowest BCUT2D eigenvalue weighted by Gasteiger charge is -2.26. The van der Waals surface area contributed by atoms with Gasteiger partial charge in [0.05, 0.1) is 11.0 Å². The van der Waals surface area contributed by atoms with Crippen molar-refractivity contribution in [2.75, 3.05) is 4.90 Å². The van der Waals surface area contributed by atoms with Gasteiger partial charge in [-0.3, -0.25) is 0 Å². The maximum absolute atomic E-state index is 6.42. The largest absolute Gasteiger partial charge is 0.456 e. The molecule has 0 aliphatic rings. The number of hydrogen-bond acceptors (Lipinski definition) is 3. The van der Waals surface area contributed by atoms with Gasteiger partial charge in [-0.15, -0.1) is 11.3 Å². The standard InChI is InChI=1S/C46H28N2OS/c1-2-11-30(12-3-1)48-41-16-8-6-14-35(41)39-26-31(20-24-42(39)48)47(33-19-23-37-36-15-7-9-17-43(36)49-44(37)28-33)32-21-25-45-40(27-32)38-22-18-29-10-4-5-13-34(29)46(38)50-45/h1-28H. The molecule has 0 aliphatic heterocycles. The minimum atomic E-state index is 0.879. The van der Waals surface area contributed by atoms with Crippen molar-refractivity contribution in [2.45, 2.75) is 0 Å². The average molecular weight is 657 g/mol. The molecule has 0 bridgehead atoms. The van der Waals surface area contributed by atoms with Gasteiger partial charge >= 0.3 is 0 Å². The van der Waals surface area contributed by atoms with Gasteiger partial charge in [-0.25, -0.2) is 0 Å². The van der Waals surface area contributed by atoms with E-state index in [2.05, 4.69) is 167 Å². The first-order valence-electron chi connectivity index (χ1n) is 16.9. The Morgan fingerprint density at radius 2 is 1.06 bits per heavy atom. The van der Waals surface area contributed by atoms with Crippen LogP contribution in [0.4, 0.5) is 17.1 Å². The third-order valence-electron chi connectivity index (χ3n) is 10.2. The SMILES string of the molecule is c1ccc(-n2c3ccccc3c3cc(N(c4ccc5c(c4)oc4ccccc45)c4ccc5sc6c7ccccc7ccc6c5c4)ccc32)cc1. The van der Waals surface area contributed by atoms with Gasteiger partial charge in [0, 0.05) is 70.5 Å². The third kappa shape index (κ3) is 4.03. The Hall–Kier alpha value is -6.36. The molecule has 0 fully saturated rings. The first kappa shape index (κ1) is 27.6. The second-order valence-electron chi connectivity index (χ2n) is 12.9. The number of fused-ring (bicyclic) bond motifs is 11. The molecular formula is C46H28N2OS. The number of furan rings is 1. The van der Waals surface area contributed by atoms with Crippen LogP contribution >= 0.6 is 11.3 Å². The van der Waals surface area contributed by atoms with Gasteiger partial charge in [0.2, 0.25) is 0 Å². The molecule has 3 heterocycles. The van der Waals surface area contributed by atoms with Crippen LogP contribution in [-0.4, -0.2) is 4.57 Å². The summed E-state index contributed by atoms with van der Waals surface area (Å²) in [5.74, 6) is 0. The molecule has 0 saturated heterocycles. The molecule has 11 rings (SSSR count). The van der Waals surface area contributed by atoms with E-state index in [9.17, 15) is 0 Å². The Morgan fingerprint density at radius 1 is 0.420 bits per heavy atom. The number of anilines is 3. The Kier molecular flexibility index (Phi) is 5.83. The van der Waals surface area contributed by atoms with E-state index in [1.165, 1.54) is 52.8 Å². The second kappa shape index (κ2) is 10.6. The first-order valence-corrected chi connectivity index (χ1v) is 17.7. The molecule has 0 aliphatic carbocycles. The Balaban J connectivity index is 1.17. The van der Waals surface area contributed by atoms with Crippen LogP contribution in [0.5, 0.6) is 0 Å². The van der Waals surface area contributed by atoms with Gasteiger partial charge < -0.3 is 13.9 Å². The predicted octanol–water partition coefficient (Wildman–Crippen LogP) is 13.7. The molecule has 0 radical (unpaired) electrons. The van der Waals surface area contributed by atoms with Crippen molar-refractivity contribution in [2.24, 2.45) is 0 Å². The molecule has 0 unspecified atom stereocenters. The molecule has 11 aromatic rings. The lowest BCUT2D eigenvalue weighted by molar-refractivity contribution is 0.669. The maximum Gasteiger partial charge on any atom is 0.137 e. The van der Waals surface area contributed by atoms with Crippen LogP contribution in [0.25, 0.3) is 80.4 Å². The summed E-state index contributed by atoms with van der Waals surface area (Å²) in [6.07, 6.45) is 0. The highest BCUT2D eigenvalue weighted by Gasteiger charge is 2.20. The molecule has 0 saturated carbocycles. The van der Waals surface area contributed by atoms with E-state index in [1.807, 2.05) is 23.5 Å². The number of benzene rings is 8. The molecule has 3 nitrogen and oxygen atoms in total. The van der Waals surface area contributed by atoms with Crippen LogP contribution in [0.3, 0.4) is 0 Å². The molecule has 8 aromatic carbocycles. The van der Waals surface area contributed by atoms with Gasteiger partial charge in [-0.2, -0.15) is 0 Å². The van der Waals surface area contributed by atoms with Crippen molar-refractivity contribution in [1.82, 2.24) is 4.57 Å². The summed E-state index contributed by atoms with van der Waals surface area (Å²) >= 11 is 1.88. The Labute approximate surface area is 291 Å². The smallest absolute Gasteiger partial charge is 0.137 e. The molecule has 0 atom stereocenters. The summed E-state index contributed by atoms with van der Waals surface area (Å²) in [5, 5.41) is 9.84. The highest BCUT2D eigenvalue weighted by molar-refractivity contribution is 7.26. The lowest BCUT2D eigenvalue weighted by Crippen LogP contribution is -2.09. The quantitative estimate of drug-likeness (QED) is 0.188. The monoisotopic (exact) mass is 656 g/mol. The van der Waals surface area contributed by atoms with Crippen LogP contribution in [0.15, 0.2) is 174 Å². The lowest BCUT2D eigenvalue weighted by atomic mass is 10.0. The number of thiophene rings is 1. The van der Waals surface area contributed by atoms with Crippen molar-refractivity contribution in [3.8, 4) is 5.69 Å². The summed E-state index contributed by atoms with van der Waals surface area (Å²) in [6, 6.07) is 61.3. The van der Waals surface area contributed by atoms with Gasteiger partial charge in [-0.05, 0) is 83.6 Å². The zero-order valence-corrected chi connectivity index (χ0v) is 27.7. The average Bonchev–Trinajstić information content (AvgIpc) is 3.84. The summed E-state index contributed by atoms with van der Waals surface area (Å²) in [6.45, 7) is 0. The van der Waals surface area contributed by atoms with E-state index >= 15 is 0 Å². The molecule has 0 spiro atoms. The highest BCUT2D eigenvalue weighted by atomic mass is 32.1. The normalized spacial score (nSPS) is 12.0. The van der Waals surface area contributed by atoms with E-state index in [-0.39, 0.29) is 0 Å². The minimum absolute atomic E-state index is 0.879. The number of hydrogen-bond donors (Lipinski definition) is 0. The van der Waals surface area contributed by atoms with Gasteiger partial charge in [0.25, 0.3) is 0 Å². The summed E-state index contributed by atoms with van der Waals surface area (Å²) in [4.78, 5) is 2.38. The predicted molar refractivity (Wildman–Crippen MR) is 213 cm³/mol. The maximum atomic E-state index is 6.42. The van der Waals surface area contributed by atoms with Crippen LogP contribution < -0.4 is 4.90 Å². The van der Waals surface area contributed by atoms with E-state index in [0.29, 0.717) is 0 Å². The fourth-order valence-corrected chi connectivity index (χ4v) is 9.11. The minimum Gasteiger partial charge on any atom is -0.456 e. The first-order chi connectivity index (χ1) is 24.8. The zero-order chi connectivity index (χ0) is 32.8. The van der Waals surface area contributed by atoms with Crippen LogP contribution in [0.1, 0.15) is 0 Å². The highest BCUT2D eigenvalue weighted by Crippen LogP contribution is 2.45. The molecular weight excluding hydrogens is 629 g/mol. The van der Waals surface area contributed by atoms with E-state index in [0.717, 1.165) is 44.7 Å². The molecule has 3 aromatic heterocycles. The fourth-order valence-electron chi connectivity index (χ4n) is 7.89. The molecule has 0 amide bonds. The van der Waals surface area contributed by atoms with Crippen molar-refractivity contribution >= 4 is 103 Å². The van der Waals surface area contributed by atoms with E-state index < -0.39 is 0 Å². The van der Waals surface area contributed by atoms with Crippen molar-refractivity contribution in [3.05, 3.63) is 170 Å². The molecule has 234 valence electrons. The molecule has 50 heavy (non-hydrogen) atoms. The summed E-state index contributed by atoms with van der Waals surface area (Å²) in [7, 11) is 0. The Morgan fingerprint density at radius 3 is 1.96 bits per heavy atom. The van der Waals surface area contributed by atoms with Gasteiger partial charge in [0.1, 0.15) is 11.2 Å². The zero-order valence-electron chi connectivity index (χ0n) is 26.9. The second-order valence-corrected chi connectivity index (χ2v) is 14.0. The number of nitrogens with zero attached hydrogens (tertiary/aromatic N) is 2. The number of para-hydroxylation sites is 3. The topological polar surface area (TPSA) is 21.3 Å². The summed E-state index contributed by atoms with van der Waals surface area (Å²) < 4.78 is 11.4. The number of rotatable bonds is 4. The van der Waals surface area contributed by atoms with Crippen molar-refractivity contribution in [1.29, 1.82) is 0 Å². The third-order valence-corrected chi connectivity index (χ3v) is 11.4. The molecule has 4 heteroatoms. The van der Waals surface area contributed by atoms with Crippen LogP contribution in [0, 0.1) is 0 Å². The van der Waals surface area contributed by atoms with Crippen LogP contribution in [0.2, 0.25) is 0 Å². The Bertz CT molecular complexity index is 3110. The van der Waals surface area contributed by atoms with Crippen molar-refractivity contribution < 1.29 is 4.42 Å². The van der Waals surface area contributed by atoms with Crippen molar-refractivity contribution in [3.63, 3.8) is 0 Å². The van der Waals surface area contributed by atoms with E-state index in [4.69, 9.17) is 4.42 Å². The molecule has 0 N–H and O–H groups in total. The van der Waals surface area contributed by atoms with E-state index in [1.54, 1.807) is 0 Å². The number of aromatic nitrogens is 1. The fraction of sp³-hybridized carbons (Fsp3) is 0. The van der Waals surface area contributed by atoms with Gasteiger partial charge in [0.15, 0.2) is 0 Å². The summed E-state index contributed by atoms with van der Waals surface area (Å²) in [5.41, 5.74) is 8.55. The van der Waals surface area contributed by atoms with Crippen LogP contribution in [-0.2, 0) is 0 Å². The van der Waals surface area contributed by atoms with Gasteiger partial charge in [-0.1, -0.05) is 91.0 Å².